The van der Waals surface area contributed by atoms with Crippen molar-refractivity contribution in [3.05, 3.63) is 28.2 Å². The number of amides is 3. The molecule has 0 bridgehead atoms. The number of urea groups is 1. The minimum Gasteiger partial charge on any atom is -0.355 e. The topological polar surface area (TPSA) is 70.2 Å². The van der Waals surface area contributed by atoms with E-state index in [4.69, 9.17) is 23.2 Å². The molecule has 0 fully saturated rings. The largest absolute Gasteiger partial charge is 0.355 e. The van der Waals surface area contributed by atoms with Gasteiger partial charge in [0.2, 0.25) is 5.91 Å². The zero-order chi connectivity index (χ0) is 14.3. The van der Waals surface area contributed by atoms with Gasteiger partial charge in [-0.2, -0.15) is 0 Å². The number of hydrogen-bond acceptors (Lipinski definition) is 2. The van der Waals surface area contributed by atoms with E-state index in [1.54, 1.807) is 18.2 Å². The quantitative estimate of drug-likeness (QED) is 0.782. The van der Waals surface area contributed by atoms with Crippen molar-refractivity contribution in [1.82, 2.24) is 10.6 Å². The maximum atomic E-state index is 11.5. The average molecular weight is 304 g/mol. The lowest BCUT2D eigenvalue weighted by Gasteiger charge is -2.08. The summed E-state index contributed by atoms with van der Waals surface area (Å²) in [6.07, 6.45) is 0.846. The Bertz CT molecular complexity index is 446. The predicted octanol–water partition coefficient (Wildman–Crippen LogP) is 2.64. The molecule has 0 saturated carbocycles. The normalized spacial score (nSPS) is 9.84. The third kappa shape index (κ3) is 6.31. The molecule has 1 aromatic carbocycles. The van der Waals surface area contributed by atoms with Gasteiger partial charge in [-0.3, -0.25) is 4.79 Å². The van der Waals surface area contributed by atoms with Crippen molar-refractivity contribution in [2.45, 2.75) is 13.3 Å². The van der Waals surface area contributed by atoms with Gasteiger partial charge in [0.1, 0.15) is 0 Å². The number of nitrogens with one attached hydrogen (secondary N) is 3. The second-order valence-corrected chi connectivity index (χ2v) is 4.69. The van der Waals surface area contributed by atoms with Crippen molar-refractivity contribution in [3.8, 4) is 0 Å². The van der Waals surface area contributed by atoms with Crippen molar-refractivity contribution in [3.63, 3.8) is 0 Å². The second-order valence-electron chi connectivity index (χ2n) is 3.82. The number of hydrogen-bond donors (Lipinski definition) is 3. The highest BCUT2D eigenvalue weighted by molar-refractivity contribution is 6.35. The molecule has 104 valence electrons. The SMILES string of the molecule is CCCNC(=O)CNC(=O)Nc1cc(Cl)cc(Cl)c1. The molecule has 0 aliphatic heterocycles. The van der Waals surface area contributed by atoms with Crippen LogP contribution in [-0.4, -0.2) is 25.0 Å². The zero-order valence-electron chi connectivity index (χ0n) is 10.4. The van der Waals surface area contributed by atoms with Crippen molar-refractivity contribution in [2.75, 3.05) is 18.4 Å². The molecule has 5 nitrogen and oxygen atoms in total. The van der Waals surface area contributed by atoms with Gasteiger partial charge >= 0.3 is 6.03 Å². The van der Waals surface area contributed by atoms with E-state index >= 15 is 0 Å². The molecular weight excluding hydrogens is 289 g/mol. The number of rotatable bonds is 5. The number of carbonyl (C=O) groups is 2. The van der Waals surface area contributed by atoms with Crippen LogP contribution in [0.4, 0.5) is 10.5 Å². The summed E-state index contributed by atoms with van der Waals surface area (Å²) in [7, 11) is 0. The monoisotopic (exact) mass is 303 g/mol. The molecule has 0 spiro atoms. The minimum absolute atomic E-state index is 0.0832. The molecule has 0 aromatic heterocycles. The number of carbonyl (C=O) groups excluding carboxylic acids is 2. The van der Waals surface area contributed by atoms with Crippen LogP contribution < -0.4 is 16.0 Å². The van der Waals surface area contributed by atoms with Gasteiger partial charge in [0.25, 0.3) is 0 Å². The molecule has 0 heterocycles. The fourth-order valence-electron chi connectivity index (χ4n) is 1.29. The lowest BCUT2D eigenvalue weighted by molar-refractivity contribution is -0.120. The lowest BCUT2D eigenvalue weighted by Crippen LogP contribution is -2.39. The van der Waals surface area contributed by atoms with E-state index in [1.807, 2.05) is 6.92 Å². The Labute approximate surface area is 121 Å². The number of benzene rings is 1. The van der Waals surface area contributed by atoms with Crippen LogP contribution in [0.2, 0.25) is 10.0 Å². The first kappa shape index (κ1) is 15.6. The molecule has 1 rings (SSSR count). The van der Waals surface area contributed by atoms with Crippen LogP contribution in [0, 0.1) is 0 Å². The van der Waals surface area contributed by atoms with E-state index in [2.05, 4.69) is 16.0 Å². The van der Waals surface area contributed by atoms with Crippen molar-refractivity contribution < 1.29 is 9.59 Å². The van der Waals surface area contributed by atoms with E-state index in [0.29, 0.717) is 22.3 Å². The first-order valence-electron chi connectivity index (χ1n) is 5.79. The smallest absolute Gasteiger partial charge is 0.319 e. The molecule has 1 aromatic rings. The lowest BCUT2D eigenvalue weighted by atomic mass is 10.3. The highest BCUT2D eigenvalue weighted by Crippen LogP contribution is 2.22. The highest BCUT2D eigenvalue weighted by atomic mass is 35.5. The zero-order valence-corrected chi connectivity index (χ0v) is 11.9. The maximum Gasteiger partial charge on any atom is 0.319 e. The summed E-state index contributed by atoms with van der Waals surface area (Å²) >= 11 is 11.6. The molecule has 0 radical (unpaired) electrons. The van der Waals surface area contributed by atoms with Gasteiger partial charge in [-0.1, -0.05) is 30.1 Å². The Balaban J connectivity index is 2.40. The number of halogens is 2. The molecule has 0 aliphatic rings. The highest BCUT2D eigenvalue weighted by Gasteiger charge is 2.06. The Hall–Kier alpha value is -1.46. The molecule has 19 heavy (non-hydrogen) atoms. The first-order valence-corrected chi connectivity index (χ1v) is 6.54. The Kier molecular flexibility index (Phi) is 6.45. The van der Waals surface area contributed by atoms with Gasteiger partial charge in [-0.05, 0) is 24.6 Å². The molecular formula is C12H15Cl2N3O2. The van der Waals surface area contributed by atoms with E-state index in [9.17, 15) is 9.59 Å². The molecule has 0 unspecified atom stereocenters. The van der Waals surface area contributed by atoms with Crippen LogP contribution >= 0.6 is 23.2 Å². The summed E-state index contributed by atoms with van der Waals surface area (Å²) < 4.78 is 0. The Morgan fingerprint density at radius 3 is 2.32 bits per heavy atom. The van der Waals surface area contributed by atoms with Crippen LogP contribution in [0.3, 0.4) is 0 Å². The van der Waals surface area contributed by atoms with Gasteiger partial charge < -0.3 is 16.0 Å². The van der Waals surface area contributed by atoms with Gasteiger partial charge in [0, 0.05) is 22.3 Å². The van der Waals surface area contributed by atoms with Gasteiger partial charge in [-0.15, -0.1) is 0 Å². The van der Waals surface area contributed by atoms with E-state index < -0.39 is 6.03 Å². The summed E-state index contributed by atoms with van der Waals surface area (Å²) in [5, 5.41) is 8.45. The fourth-order valence-corrected chi connectivity index (χ4v) is 1.81. The Morgan fingerprint density at radius 2 is 1.74 bits per heavy atom. The number of anilines is 1. The molecule has 0 aliphatic carbocycles. The van der Waals surface area contributed by atoms with Crippen molar-refractivity contribution in [1.29, 1.82) is 0 Å². The van der Waals surface area contributed by atoms with Crippen molar-refractivity contribution >= 4 is 40.8 Å². The third-order valence-electron chi connectivity index (χ3n) is 2.10. The summed E-state index contributed by atoms with van der Waals surface area (Å²) in [5.74, 6) is -0.235. The molecule has 0 atom stereocenters. The fraction of sp³-hybridized carbons (Fsp3) is 0.333. The molecule has 3 N–H and O–H groups in total. The van der Waals surface area contributed by atoms with Gasteiger partial charge in [0.05, 0.1) is 6.54 Å². The van der Waals surface area contributed by atoms with Crippen LogP contribution in [0.5, 0.6) is 0 Å². The summed E-state index contributed by atoms with van der Waals surface area (Å²) in [6, 6.07) is 4.18. The summed E-state index contributed by atoms with van der Waals surface area (Å²) in [5.41, 5.74) is 0.462. The Morgan fingerprint density at radius 1 is 1.11 bits per heavy atom. The van der Waals surface area contributed by atoms with Crippen LogP contribution in [0.25, 0.3) is 0 Å². The van der Waals surface area contributed by atoms with Crippen molar-refractivity contribution in [2.24, 2.45) is 0 Å². The van der Waals surface area contributed by atoms with Crippen LogP contribution in [0.15, 0.2) is 18.2 Å². The molecule has 3 amide bonds. The molecule has 7 heteroatoms. The average Bonchev–Trinajstić information content (AvgIpc) is 2.32. The van der Waals surface area contributed by atoms with E-state index in [-0.39, 0.29) is 12.5 Å². The van der Waals surface area contributed by atoms with E-state index in [1.165, 1.54) is 0 Å². The molecule has 0 saturated heterocycles. The third-order valence-corrected chi connectivity index (χ3v) is 2.54. The van der Waals surface area contributed by atoms with Gasteiger partial charge in [0.15, 0.2) is 0 Å². The predicted molar refractivity (Wildman–Crippen MR) is 76.8 cm³/mol. The second kappa shape index (κ2) is 7.86. The van der Waals surface area contributed by atoms with Gasteiger partial charge in [-0.25, -0.2) is 4.79 Å². The summed E-state index contributed by atoms with van der Waals surface area (Å²) in [6.45, 7) is 2.45. The maximum absolute atomic E-state index is 11.5. The minimum atomic E-state index is -0.495. The summed E-state index contributed by atoms with van der Waals surface area (Å²) in [4.78, 5) is 22.8. The first-order chi connectivity index (χ1) is 9.01. The van der Waals surface area contributed by atoms with E-state index in [0.717, 1.165) is 6.42 Å². The van der Waals surface area contributed by atoms with Crippen LogP contribution in [-0.2, 0) is 4.79 Å². The van der Waals surface area contributed by atoms with Crippen LogP contribution in [0.1, 0.15) is 13.3 Å². The standard InChI is InChI=1S/C12H15Cl2N3O2/c1-2-3-15-11(18)7-16-12(19)17-10-5-8(13)4-9(14)6-10/h4-6H,2-3,7H2,1H3,(H,15,18)(H2,16,17,19).